The van der Waals surface area contributed by atoms with Gasteiger partial charge in [-0.3, -0.25) is 14.4 Å². The van der Waals surface area contributed by atoms with Crippen LogP contribution in [0.1, 0.15) is 18.9 Å². The van der Waals surface area contributed by atoms with Crippen LogP contribution in [0.5, 0.6) is 0 Å². The summed E-state index contributed by atoms with van der Waals surface area (Å²) < 4.78 is 5.29. The topological polar surface area (TPSA) is 75.7 Å². The molecule has 2 atom stereocenters. The first-order chi connectivity index (χ1) is 13.4. The number of esters is 1. The smallest absolute Gasteiger partial charge is 0.308 e. The number of para-hydroxylation sites is 1. The maximum atomic E-state index is 12.5. The molecule has 146 valence electrons. The lowest BCUT2D eigenvalue weighted by molar-refractivity contribution is -0.159. The van der Waals surface area contributed by atoms with Gasteiger partial charge in [-0.25, -0.2) is 0 Å². The molecule has 0 radical (unpaired) electrons. The van der Waals surface area contributed by atoms with Gasteiger partial charge >= 0.3 is 5.97 Å². The predicted molar refractivity (Wildman–Crippen MR) is 108 cm³/mol. The van der Waals surface area contributed by atoms with Gasteiger partial charge in [-0.05, 0) is 24.6 Å². The summed E-state index contributed by atoms with van der Waals surface area (Å²) in [5, 5.41) is 2.22. The fourth-order valence-corrected chi connectivity index (χ4v) is 4.01. The molecule has 0 bridgehead atoms. The van der Waals surface area contributed by atoms with Crippen LogP contribution in [0.3, 0.4) is 0 Å². The van der Waals surface area contributed by atoms with Crippen LogP contribution in [0.15, 0.2) is 59.5 Å². The summed E-state index contributed by atoms with van der Waals surface area (Å²) in [6, 6.07) is 17.0. The fourth-order valence-electron chi connectivity index (χ4n) is 2.92. The number of likely N-dealkylation sites (N-methyl/N-ethyl adjacent to an activating group) is 1. The number of thioether (sulfide) groups is 1. The van der Waals surface area contributed by atoms with Crippen molar-refractivity contribution in [1.29, 1.82) is 0 Å². The standard InChI is InChI=1S/C21H22N2O4S/c1-14(21(26)23(2)13-15-8-4-3-5-9-15)27-19(24)12-18-20(25)22-16-10-6-7-11-17(16)28-18/h3-11,14,18H,12-13H2,1-2H3,(H,22,25)/t14-,18-/m1/s1. The molecule has 0 unspecified atom stereocenters. The van der Waals surface area contributed by atoms with Crippen molar-refractivity contribution < 1.29 is 19.1 Å². The highest BCUT2D eigenvalue weighted by atomic mass is 32.2. The summed E-state index contributed by atoms with van der Waals surface area (Å²) in [7, 11) is 1.67. The van der Waals surface area contributed by atoms with Gasteiger partial charge in [-0.1, -0.05) is 42.5 Å². The van der Waals surface area contributed by atoms with Crippen molar-refractivity contribution in [3.63, 3.8) is 0 Å². The van der Waals surface area contributed by atoms with E-state index in [1.54, 1.807) is 14.0 Å². The lowest BCUT2D eigenvalue weighted by Gasteiger charge is -2.25. The van der Waals surface area contributed by atoms with E-state index in [0.29, 0.717) is 6.54 Å². The fraction of sp³-hybridized carbons (Fsp3) is 0.286. The molecule has 0 fully saturated rings. The number of nitrogens with zero attached hydrogens (tertiary/aromatic N) is 1. The highest BCUT2D eigenvalue weighted by Gasteiger charge is 2.31. The number of rotatable bonds is 6. The molecule has 0 saturated carbocycles. The minimum atomic E-state index is -0.912. The molecule has 0 spiro atoms. The zero-order chi connectivity index (χ0) is 20.1. The quantitative estimate of drug-likeness (QED) is 0.757. The first-order valence-corrected chi connectivity index (χ1v) is 9.87. The Morgan fingerprint density at radius 3 is 2.57 bits per heavy atom. The van der Waals surface area contributed by atoms with Crippen LogP contribution in [-0.2, 0) is 25.7 Å². The molecule has 1 N–H and O–H groups in total. The Morgan fingerprint density at radius 1 is 1.14 bits per heavy atom. The number of carbonyl (C=O) groups is 3. The van der Waals surface area contributed by atoms with E-state index in [4.69, 9.17) is 4.74 Å². The zero-order valence-electron chi connectivity index (χ0n) is 15.8. The van der Waals surface area contributed by atoms with Crippen molar-refractivity contribution in [2.75, 3.05) is 12.4 Å². The Bertz CT molecular complexity index is 872. The number of amides is 2. The van der Waals surface area contributed by atoms with E-state index >= 15 is 0 Å². The van der Waals surface area contributed by atoms with Crippen molar-refractivity contribution in [3.05, 3.63) is 60.2 Å². The van der Waals surface area contributed by atoms with E-state index in [-0.39, 0.29) is 18.2 Å². The van der Waals surface area contributed by atoms with E-state index < -0.39 is 17.3 Å². The monoisotopic (exact) mass is 398 g/mol. The highest BCUT2D eigenvalue weighted by molar-refractivity contribution is 8.01. The largest absolute Gasteiger partial charge is 0.452 e. The molecule has 1 aliphatic rings. The van der Waals surface area contributed by atoms with Crippen LogP contribution in [-0.4, -0.2) is 41.1 Å². The molecule has 3 rings (SSSR count). The number of benzene rings is 2. The molecular formula is C21H22N2O4S. The average Bonchev–Trinajstić information content (AvgIpc) is 2.68. The molecule has 2 aromatic carbocycles. The van der Waals surface area contributed by atoms with Gasteiger partial charge in [0.25, 0.3) is 5.91 Å². The average molecular weight is 398 g/mol. The van der Waals surface area contributed by atoms with Gasteiger partial charge in [0.1, 0.15) is 0 Å². The van der Waals surface area contributed by atoms with Crippen LogP contribution in [0.25, 0.3) is 0 Å². The lowest BCUT2D eigenvalue weighted by Crippen LogP contribution is -2.38. The van der Waals surface area contributed by atoms with E-state index in [2.05, 4.69) is 5.32 Å². The number of ether oxygens (including phenoxy) is 1. The number of nitrogens with one attached hydrogen (secondary N) is 1. The third-order valence-electron chi connectivity index (χ3n) is 4.35. The molecule has 0 saturated heterocycles. The summed E-state index contributed by atoms with van der Waals surface area (Å²) >= 11 is 1.33. The number of carbonyl (C=O) groups excluding carboxylic acids is 3. The summed E-state index contributed by atoms with van der Waals surface area (Å²) in [4.78, 5) is 39.4. The molecule has 7 heteroatoms. The second kappa shape index (κ2) is 8.93. The van der Waals surface area contributed by atoms with E-state index in [0.717, 1.165) is 16.1 Å². The Balaban J connectivity index is 1.52. The normalized spacial score (nSPS) is 16.5. The molecule has 0 aromatic heterocycles. The van der Waals surface area contributed by atoms with Crippen LogP contribution in [0.2, 0.25) is 0 Å². The van der Waals surface area contributed by atoms with Crippen LogP contribution >= 0.6 is 11.8 Å². The summed E-state index contributed by atoms with van der Waals surface area (Å²) in [5.74, 6) is -1.09. The van der Waals surface area contributed by atoms with Crippen LogP contribution in [0, 0.1) is 0 Å². The molecule has 0 aliphatic carbocycles. The second-order valence-corrected chi connectivity index (χ2v) is 7.85. The van der Waals surface area contributed by atoms with Crippen molar-refractivity contribution in [3.8, 4) is 0 Å². The van der Waals surface area contributed by atoms with Gasteiger partial charge in [0, 0.05) is 18.5 Å². The van der Waals surface area contributed by atoms with Gasteiger partial charge in [-0.2, -0.15) is 0 Å². The Hall–Kier alpha value is -2.80. The van der Waals surface area contributed by atoms with Gasteiger partial charge < -0.3 is 15.0 Å². The van der Waals surface area contributed by atoms with E-state index in [1.165, 1.54) is 16.7 Å². The SMILES string of the molecule is C[C@@H](OC(=O)C[C@H]1Sc2ccccc2NC1=O)C(=O)N(C)Cc1ccccc1. The molecule has 2 aromatic rings. The molecule has 2 amide bonds. The number of fused-ring (bicyclic) bond motifs is 1. The first kappa shape index (κ1) is 19.9. The lowest BCUT2D eigenvalue weighted by atomic mass is 10.2. The highest BCUT2D eigenvalue weighted by Crippen LogP contribution is 2.36. The summed E-state index contributed by atoms with van der Waals surface area (Å²) in [6.45, 7) is 1.98. The van der Waals surface area contributed by atoms with Crippen LogP contribution in [0.4, 0.5) is 5.69 Å². The van der Waals surface area contributed by atoms with Gasteiger partial charge in [0.2, 0.25) is 5.91 Å². The van der Waals surface area contributed by atoms with Crippen molar-refractivity contribution in [2.45, 2.75) is 36.1 Å². The van der Waals surface area contributed by atoms with Gasteiger partial charge in [0.05, 0.1) is 17.4 Å². The molecular weight excluding hydrogens is 376 g/mol. The molecule has 1 heterocycles. The maximum absolute atomic E-state index is 12.5. The van der Waals surface area contributed by atoms with Crippen LogP contribution < -0.4 is 5.32 Å². The third-order valence-corrected chi connectivity index (χ3v) is 5.63. The number of hydrogen-bond donors (Lipinski definition) is 1. The Morgan fingerprint density at radius 2 is 1.82 bits per heavy atom. The summed E-state index contributed by atoms with van der Waals surface area (Å²) in [6.07, 6.45) is -1.00. The number of hydrogen-bond acceptors (Lipinski definition) is 5. The summed E-state index contributed by atoms with van der Waals surface area (Å²) in [5.41, 5.74) is 1.74. The Kier molecular flexibility index (Phi) is 6.36. The maximum Gasteiger partial charge on any atom is 0.308 e. The number of anilines is 1. The minimum Gasteiger partial charge on any atom is -0.452 e. The molecule has 6 nitrogen and oxygen atoms in total. The Labute approximate surface area is 168 Å². The predicted octanol–water partition coefficient (Wildman–Crippen LogP) is 3.08. The minimum absolute atomic E-state index is 0.0924. The van der Waals surface area contributed by atoms with E-state index in [1.807, 2.05) is 54.6 Å². The molecule has 28 heavy (non-hydrogen) atoms. The van der Waals surface area contributed by atoms with Gasteiger partial charge in [-0.15, -0.1) is 11.8 Å². The molecule has 1 aliphatic heterocycles. The van der Waals surface area contributed by atoms with Crippen molar-refractivity contribution in [1.82, 2.24) is 4.90 Å². The van der Waals surface area contributed by atoms with Gasteiger partial charge in [0.15, 0.2) is 6.10 Å². The first-order valence-electron chi connectivity index (χ1n) is 8.99. The van der Waals surface area contributed by atoms with E-state index in [9.17, 15) is 14.4 Å². The zero-order valence-corrected chi connectivity index (χ0v) is 16.6. The van der Waals surface area contributed by atoms with Crippen molar-refractivity contribution >= 4 is 35.2 Å². The third kappa shape index (κ3) is 4.92. The van der Waals surface area contributed by atoms with Crippen molar-refractivity contribution in [2.24, 2.45) is 0 Å². The second-order valence-electron chi connectivity index (χ2n) is 6.61.